The molecule has 0 saturated heterocycles. The second kappa shape index (κ2) is 10.5. The van der Waals surface area contributed by atoms with E-state index >= 15 is 0 Å². The molecule has 0 aromatic heterocycles. The van der Waals surface area contributed by atoms with Crippen LogP contribution in [0.15, 0.2) is 48.2 Å². The number of allylic oxidation sites excluding steroid dienone is 2. The van der Waals surface area contributed by atoms with E-state index in [4.69, 9.17) is 4.43 Å². The van der Waals surface area contributed by atoms with Crippen LogP contribution < -0.4 is 0 Å². The van der Waals surface area contributed by atoms with E-state index < -0.39 is 8.32 Å². The van der Waals surface area contributed by atoms with Gasteiger partial charge in [0.1, 0.15) is 0 Å². The van der Waals surface area contributed by atoms with Gasteiger partial charge >= 0.3 is 0 Å². The lowest BCUT2D eigenvalue weighted by molar-refractivity contribution is 0.451. The lowest BCUT2D eigenvalue weighted by atomic mass is 9.94. The van der Waals surface area contributed by atoms with Gasteiger partial charge in [-0.2, -0.15) is 0 Å². The molecule has 0 radical (unpaired) electrons. The number of rotatable bonds is 10. The fourth-order valence-corrected chi connectivity index (χ4v) is 5.35. The van der Waals surface area contributed by atoms with Crippen LogP contribution in [0.4, 0.5) is 0 Å². The summed E-state index contributed by atoms with van der Waals surface area (Å²) in [7, 11) is -1.52. The minimum Gasteiger partial charge on any atom is -0.549 e. The average Bonchev–Trinajstić information content (AvgIpc) is 2.59. The molecule has 0 aliphatic carbocycles. The summed E-state index contributed by atoms with van der Waals surface area (Å²) in [6, 6.07) is 14.2. The third-order valence-electron chi connectivity index (χ3n) is 4.94. The van der Waals surface area contributed by atoms with Gasteiger partial charge in [0.25, 0.3) is 0 Å². The summed E-state index contributed by atoms with van der Waals surface area (Å²) in [6.07, 6.45) is 8.96. The van der Waals surface area contributed by atoms with Crippen LogP contribution in [0.3, 0.4) is 0 Å². The van der Waals surface area contributed by atoms with Gasteiger partial charge < -0.3 is 4.43 Å². The van der Waals surface area contributed by atoms with E-state index in [0.29, 0.717) is 5.92 Å². The standard InChI is InChI=1S/C21H34OSi/c1-6-13-21(16-17-22-23(7-2,8-3)9-4)19(5)18-20-14-11-10-12-15-20/h10-12,14-18,21H,6-9,13H2,1-5H3/b17-16-,19-18+. The van der Waals surface area contributed by atoms with Gasteiger partial charge in [-0.25, -0.2) is 0 Å². The summed E-state index contributed by atoms with van der Waals surface area (Å²) in [6.45, 7) is 11.3. The fraction of sp³-hybridized carbons (Fsp3) is 0.524. The summed E-state index contributed by atoms with van der Waals surface area (Å²) in [5, 5.41) is 0. The predicted octanol–water partition coefficient (Wildman–Crippen LogP) is 7.04. The lowest BCUT2D eigenvalue weighted by Crippen LogP contribution is -2.33. The Balaban J connectivity index is 2.82. The summed E-state index contributed by atoms with van der Waals surface area (Å²) >= 11 is 0. The van der Waals surface area contributed by atoms with Crippen LogP contribution in [0.1, 0.15) is 53.0 Å². The molecule has 1 atom stereocenters. The van der Waals surface area contributed by atoms with Crippen molar-refractivity contribution in [1.82, 2.24) is 0 Å². The first-order valence-electron chi connectivity index (χ1n) is 9.18. The van der Waals surface area contributed by atoms with Crippen molar-refractivity contribution in [1.29, 1.82) is 0 Å². The smallest absolute Gasteiger partial charge is 0.249 e. The molecule has 23 heavy (non-hydrogen) atoms. The fourth-order valence-electron chi connectivity index (χ4n) is 2.98. The van der Waals surface area contributed by atoms with E-state index in [1.807, 2.05) is 6.26 Å². The summed E-state index contributed by atoms with van der Waals surface area (Å²) < 4.78 is 6.29. The molecule has 128 valence electrons. The van der Waals surface area contributed by atoms with Crippen molar-refractivity contribution < 1.29 is 4.43 Å². The van der Waals surface area contributed by atoms with Crippen molar-refractivity contribution in [3.63, 3.8) is 0 Å². The van der Waals surface area contributed by atoms with Crippen LogP contribution in [-0.2, 0) is 4.43 Å². The maximum atomic E-state index is 6.29. The minimum atomic E-state index is -1.52. The Morgan fingerprint density at radius 3 is 2.17 bits per heavy atom. The van der Waals surface area contributed by atoms with Crippen LogP contribution in [-0.4, -0.2) is 8.32 Å². The lowest BCUT2D eigenvalue weighted by Gasteiger charge is -2.27. The molecule has 1 nitrogen and oxygen atoms in total. The maximum Gasteiger partial charge on any atom is 0.249 e. The van der Waals surface area contributed by atoms with Gasteiger partial charge in [-0.3, -0.25) is 0 Å². The quantitative estimate of drug-likeness (QED) is 0.330. The Morgan fingerprint density at radius 1 is 1.04 bits per heavy atom. The summed E-state index contributed by atoms with van der Waals surface area (Å²) in [4.78, 5) is 0. The van der Waals surface area contributed by atoms with E-state index in [9.17, 15) is 0 Å². The zero-order valence-electron chi connectivity index (χ0n) is 15.6. The van der Waals surface area contributed by atoms with E-state index in [1.165, 1.54) is 42.1 Å². The first-order chi connectivity index (χ1) is 11.1. The van der Waals surface area contributed by atoms with E-state index in [0.717, 1.165) is 0 Å². The number of benzene rings is 1. The molecule has 1 rings (SSSR count). The number of hydrogen-bond donors (Lipinski definition) is 0. The number of hydrogen-bond acceptors (Lipinski definition) is 1. The molecule has 0 fully saturated rings. The largest absolute Gasteiger partial charge is 0.549 e. The van der Waals surface area contributed by atoms with Crippen molar-refractivity contribution in [3.8, 4) is 0 Å². The van der Waals surface area contributed by atoms with Crippen LogP contribution >= 0.6 is 0 Å². The second-order valence-electron chi connectivity index (χ2n) is 6.38. The normalized spacial score (nSPS) is 14.2. The van der Waals surface area contributed by atoms with Gasteiger partial charge in [-0.05, 0) is 43.1 Å². The molecular weight excluding hydrogens is 296 g/mol. The molecule has 0 spiro atoms. The van der Waals surface area contributed by atoms with E-state index in [-0.39, 0.29) is 0 Å². The van der Waals surface area contributed by atoms with Gasteiger partial charge in [0, 0.05) is 5.92 Å². The molecule has 0 aliphatic rings. The van der Waals surface area contributed by atoms with E-state index in [1.54, 1.807) is 0 Å². The van der Waals surface area contributed by atoms with Crippen molar-refractivity contribution in [2.75, 3.05) is 0 Å². The highest BCUT2D eigenvalue weighted by Gasteiger charge is 2.29. The molecule has 0 saturated carbocycles. The second-order valence-corrected chi connectivity index (χ2v) is 11.1. The van der Waals surface area contributed by atoms with Crippen molar-refractivity contribution in [3.05, 3.63) is 53.8 Å². The van der Waals surface area contributed by atoms with Crippen LogP contribution in [0, 0.1) is 5.92 Å². The Bertz CT molecular complexity index is 478. The Kier molecular flexibility index (Phi) is 9.01. The van der Waals surface area contributed by atoms with Gasteiger partial charge in [0.05, 0.1) is 6.26 Å². The van der Waals surface area contributed by atoms with Crippen molar-refractivity contribution in [2.45, 2.75) is 65.6 Å². The van der Waals surface area contributed by atoms with Crippen LogP contribution in [0.2, 0.25) is 18.1 Å². The van der Waals surface area contributed by atoms with Gasteiger partial charge in [-0.1, -0.05) is 76.1 Å². The Hall–Kier alpha value is -1.28. The third-order valence-corrected chi connectivity index (χ3v) is 9.44. The first-order valence-corrected chi connectivity index (χ1v) is 11.7. The zero-order valence-corrected chi connectivity index (χ0v) is 16.6. The molecular formula is C21H34OSi. The molecule has 0 aliphatic heterocycles. The van der Waals surface area contributed by atoms with Gasteiger partial charge in [0.2, 0.25) is 8.32 Å². The van der Waals surface area contributed by atoms with Crippen LogP contribution in [0.25, 0.3) is 6.08 Å². The molecule has 1 aromatic carbocycles. The Labute approximate surface area is 144 Å². The van der Waals surface area contributed by atoms with Gasteiger partial charge in [0.15, 0.2) is 0 Å². The van der Waals surface area contributed by atoms with Crippen LogP contribution in [0.5, 0.6) is 0 Å². The average molecular weight is 331 g/mol. The highest BCUT2D eigenvalue weighted by molar-refractivity contribution is 6.73. The molecule has 1 aromatic rings. The molecule has 2 heteroatoms. The molecule has 0 bridgehead atoms. The topological polar surface area (TPSA) is 9.23 Å². The minimum absolute atomic E-state index is 0.470. The molecule has 0 N–H and O–H groups in total. The van der Waals surface area contributed by atoms with E-state index in [2.05, 4.69) is 77.1 Å². The third kappa shape index (κ3) is 6.38. The molecule has 0 amide bonds. The monoisotopic (exact) mass is 330 g/mol. The van der Waals surface area contributed by atoms with Crippen molar-refractivity contribution >= 4 is 14.4 Å². The zero-order chi connectivity index (χ0) is 17.1. The SMILES string of the molecule is CCCC(/C=C\O[Si](CC)(CC)CC)/C(C)=C/c1ccccc1. The highest BCUT2D eigenvalue weighted by Crippen LogP contribution is 2.24. The highest BCUT2D eigenvalue weighted by atomic mass is 28.4. The predicted molar refractivity (Wildman–Crippen MR) is 106 cm³/mol. The Morgan fingerprint density at radius 2 is 1.65 bits per heavy atom. The van der Waals surface area contributed by atoms with Gasteiger partial charge in [-0.15, -0.1) is 0 Å². The summed E-state index contributed by atoms with van der Waals surface area (Å²) in [5.74, 6) is 0.470. The maximum absolute atomic E-state index is 6.29. The van der Waals surface area contributed by atoms with Crippen molar-refractivity contribution in [2.24, 2.45) is 5.92 Å². The first kappa shape index (κ1) is 19.8. The summed E-state index contributed by atoms with van der Waals surface area (Å²) in [5.41, 5.74) is 2.69. The molecule has 0 heterocycles. The molecule has 1 unspecified atom stereocenters.